The van der Waals surface area contributed by atoms with E-state index in [0.29, 0.717) is 24.5 Å². The number of aromatic nitrogens is 2. The van der Waals surface area contributed by atoms with Gasteiger partial charge in [-0.15, -0.1) is 12.4 Å². The molecule has 1 aromatic carbocycles. The van der Waals surface area contributed by atoms with Gasteiger partial charge in [-0.3, -0.25) is 4.79 Å². The molecule has 2 rings (SSSR count). The van der Waals surface area contributed by atoms with Crippen LogP contribution >= 0.6 is 12.4 Å². The second-order valence-electron chi connectivity index (χ2n) is 6.15. The Morgan fingerprint density at radius 2 is 1.91 bits per heavy atom. The molecule has 0 saturated carbocycles. The summed E-state index contributed by atoms with van der Waals surface area (Å²) in [6, 6.07) is 7.58. The summed E-state index contributed by atoms with van der Waals surface area (Å²) in [5.41, 5.74) is 6.59. The summed E-state index contributed by atoms with van der Waals surface area (Å²) < 4.78 is 14.5. The highest BCUT2D eigenvalue weighted by molar-refractivity contribution is 5.92. The maximum absolute atomic E-state index is 12.9. The van der Waals surface area contributed by atoms with Gasteiger partial charge in [0, 0.05) is 19.8 Å². The minimum Gasteiger partial charge on any atom is -0.340 e. The van der Waals surface area contributed by atoms with Crippen LogP contribution in [-0.4, -0.2) is 40.7 Å². The molecule has 0 aliphatic carbocycles. The van der Waals surface area contributed by atoms with Crippen molar-refractivity contribution in [3.8, 4) is 5.69 Å². The van der Waals surface area contributed by atoms with Gasteiger partial charge in [0.15, 0.2) is 5.69 Å². The van der Waals surface area contributed by atoms with E-state index in [4.69, 9.17) is 5.73 Å². The average Bonchev–Trinajstić information content (AvgIpc) is 2.96. The number of carbonyl (C=O) groups excluding carboxylic acids is 1. The predicted octanol–water partition coefficient (Wildman–Crippen LogP) is 2.49. The molecule has 2 N–H and O–H groups in total. The predicted molar refractivity (Wildman–Crippen MR) is 90.6 cm³/mol. The van der Waals surface area contributed by atoms with Gasteiger partial charge in [-0.05, 0) is 42.3 Å². The Balaban J connectivity index is 0.00000264. The van der Waals surface area contributed by atoms with Crippen LogP contribution in [0.3, 0.4) is 0 Å². The number of carbonyl (C=O) groups is 1. The van der Waals surface area contributed by atoms with Crippen molar-refractivity contribution in [2.24, 2.45) is 11.1 Å². The van der Waals surface area contributed by atoms with E-state index >= 15 is 0 Å². The fourth-order valence-corrected chi connectivity index (χ4v) is 2.15. The Morgan fingerprint density at radius 1 is 1.30 bits per heavy atom. The largest absolute Gasteiger partial charge is 0.340 e. The summed E-state index contributed by atoms with van der Waals surface area (Å²) in [4.78, 5) is 14.0. The van der Waals surface area contributed by atoms with Crippen LogP contribution in [0.4, 0.5) is 4.39 Å². The number of hydrogen-bond donors (Lipinski definition) is 1. The standard InChI is InChI=1S/C16H21FN4O.ClH/c1-16(2,10-18)11-20(3)15(22)14-8-9-21(19-14)13-6-4-12(17)5-7-13;/h4-9H,10-11,18H2,1-3H3;1H. The average molecular weight is 341 g/mol. The Hall–Kier alpha value is -1.92. The van der Waals surface area contributed by atoms with Crippen LogP contribution in [0, 0.1) is 11.2 Å². The van der Waals surface area contributed by atoms with Crippen molar-refractivity contribution in [3.63, 3.8) is 0 Å². The van der Waals surface area contributed by atoms with Crippen molar-refractivity contribution >= 4 is 18.3 Å². The highest BCUT2D eigenvalue weighted by Gasteiger charge is 2.23. The van der Waals surface area contributed by atoms with Gasteiger partial charge in [0.25, 0.3) is 5.91 Å². The summed E-state index contributed by atoms with van der Waals surface area (Å²) >= 11 is 0. The Labute approximate surface area is 141 Å². The van der Waals surface area contributed by atoms with Gasteiger partial charge in [0.2, 0.25) is 0 Å². The maximum atomic E-state index is 12.9. The molecule has 23 heavy (non-hydrogen) atoms. The van der Waals surface area contributed by atoms with E-state index in [9.17, 15) is 9.18 Å². The number of halogens is 2. The van der Waals surface area contributed by atoms with Crippen LogP contribution in [0.2, 0.25) is 0 Å². The van der Waals surface area contributed by atoms with E-state index in [1.165, 1.54) is 12.1 Å². The monoisotopic (exact) mass is 340 g/mol. The smallest absolute Gasteiger partial charge is 0.274 e. The molecule has 0 radical (unpaired) electrons. The fourth-order valence-electron chi connectivity index (χ4n) is 2.15. The quantitative estimate of drug-likeness (QED) is 0.909. The molecule has 1 amide bonds. The van der Waals surface area contributed by atoms with Crippen LogP contribution in [0.5, 0.6) is 0 Å². The lowest BCUT2D eigenvalue weighted by molar-refractivity contribution is 0.0734. The van der Waals surface area contributed by atoms with Gasteiger partial charge in [0.05, 0.1) is 5.69 Å². The molecule has 7 heteroatoms. The summed E-state index contributed by atoms with van der Waals surface area (Å²) in [5, 5.41) is 4.26. The SMILES string of the molecule is CN(CC(C)(C)CN)C(=O)c1ccn(-c2ccc(F)cc2)n1.Cl. The molecule has 2 aromatic rings. The molecule has 0 saturated heterocycles. The molecule has 5 nitrogen and oxygen atoms in total. The summed E-state index contributed by atoms with van der Waals surface area (Å²) in [6.07, 6.45) is 1.68. The van der Waals surface area contributed by atoms with Crippen LogP contribution in [0.25, 0.3) is 5.69 Å². The first-order valence-electron chi connectivity index (χ1n) is 7.09. The molecular formula is C16H22ClFN4O. The lowest BCUT2D eigenvalue weighted by Gasteiger charge is -2.28. The van der Waals surface area contributed by atoms with Gasteiger partial charge in [-0.2, -0.15) is 5.10 Å². The molecule has 1 aromatic heterocycles. The van der Waals surface area contributed by atoms with Crippen LogP contribution in [0.1, 0.15) is 24.3 Å². The van der Waals surface area contributed by atoms with E-state index in [2.05, 4.69) is 5.10 Å². The third-order valence-electron chi connectivity index (χ3n) is 3.46. The Bertz CT molecular complexity index is 654. The van der Waals surface area contributed by atoms with E-state index < -0.39 is 0 Å². The maximum Gasteiger partial charge on any atom is 0.274 e. The third-order valence-corrected chi connectivity index (χ3v) is 3.46. The minimum atomic E-state index is -0.309. The van der Waals surface area contributed by atoms with Crippen LogP contribution in [0.15, 0.2) is 36.5 Å². The lowest BCUT2D eigenvalue weighted by atomic mass is 9.93. The molecule has 126 valence electrons. The molecule has 1 heterocycles. The molecule has 0 unspecified atom stereocenters. The zero-order valence-electron chi connectivity index (χ0n) is 13.5. The van der Waals surface area contributed by atoms with Gasteiger partial charge in [-0.25, -0.2) is 9.07 Å². The second-order valence-corrected chi connectivity index (χ2v) is 6.15. The number of hydrogen-bond acceptors (Lipinski definition) is 3. The van der Waals surface area contributed by atoms with E-state index in [1.807, 2.05) is 13.8 Å². The Morgan fingerprint density at radius 3 is 2.48 bits per heavy atom. The molecule has 0 atom stereocenters. The van der Waals surface area contributed by atoms with Crippen molar-refractivity contribution in [3.05, 3.63) is 48.0 Å². The molecule has 0 fully saturated rings. The second kappa shape index (κ2) is 7.57. The van der Waals surface area contributed by atoms with Gasteiger partial charge in [0.1, 0.15) is 5.82 Å². The normalized spacial score (nSPS) is 11.0. The van der Waals surface area contributed by atoms with E-state index in [0.717, 1.165) is 0 Å². The van der Waals surface area contributed by atoms with E-state index in [-0.39, 0.29) is 29.5 Å². The third kappa shape index (κ3) is 4.77. The van der Waals surface area contributed by atoms with Crippen molar-refractivity contribution in [2.75, 3.05) is 20.1 Å². The van der Waals surface area contributed by atoms with Gasteiger partial charge >= 0.3 is 0 Å². The topological polar surface area (TPSA) is 64.2 Å². The number of amides is 1. The summed E-state index contributed by atoms with van der Waals surface area (Å²) in [5.74, 6) is -0.474. The highest BCUT2D eigenvalue weighted by atomic mass is 35.5. The van der Waals surface area contributed by atoms with Crippen molar-refractivity contribution in [1.82, 2.24) is 14.7 Å². The molecule has 0 bridgehead atoms. The highest BCUT2D eigenvalue weighted by Crippen LogP contribution is 2.16. The molecule has 0 aliphatic rings. The number of benzene rings is 1. The van der Waals surface area contributed by atoms with Gasteiger partial charge in [-0.1, -0.05) is 13.8 Å². The van der Waals surface area contributed by atoms with Crippen LogP contribution in [-0.2, 0) is 0 Å². The number of nitrogens with two attached hydrogens (primary N) is 1. The lowest BCUT2D eigenvalue weighted by Crippen LogP contribution is -2.39. The summed E-state index contributed by atoms with van der Waals surface area (Å²) in [7, 11) is 1.73. The van der Waals surface area contributed by atoms with Gasteiger partial charge < -0.3 is 10.6 Å². The van der Waals surface area contributed by atoms with Crippen LogP contribution < -0.4 is 5.73 Å². The first kappa shape index (κ1) is 19.1. The fraction of sp³-hybridized carbons (Fsp3) is 0.375. The zero-order chi connectivity index (χ0) is 16.3. The molecular weight excluding hydrogens is 319 g/mol. The molecule has 0 aliphatic heterocycles. The number of rotatable bonds is 5. The first-order chi connectivity index (χ1) is 10.3. The zero-order valence-corrected chi connectivity index (χ0v) is 14.3. The number of nitrogens with zero attached hydrogens (tertiary/aromatic N) is 3. The molecule has 0 spiro atoms. The van der Waals surface area contributed by atoms with Crippen molar-refractivity contribution < 1.29 is 9.18 Å². The Kier molecular flexibility index (Phi) is 6.29. The first-order valence-corrected chi connectivity index (χ1v) is 7.09. The summed E-state index contributed by atoms with van der Waals surface area (Å²) in [6.45, 7) is 5.06. The van der Waals surface area contributed by atoms with E-state index in [1.54, 1.807) is 41.0 Å². The minimum absolute atomic E-state index is 0. The van der Waals surface area contributed by atoms with Crippen molar-refractivity contribution in [2.45, 2.75) is 13.8 Å². The van der Waals surface area contributed by atoms with Crippen molar-refractivity contribution in [1.29, 1.82) is 0 Å².